The molecule has 0 fully saturated rings. The first-order valence-corrected chi connectivity index (χ1v) is 20.3. The molecule has 0 radical (unpaired) electrons. The highest BCUT2D eigenvalue weighted by molar-refractivity contribution is 7.88. The van der Waals surface area contributed by atoms with Crippen LogP contribution in [0.25, 0.3) is 0 Å². The highest BCUT2D eigenvalue weighted by atomic mass is 35.6. The number of aromatic nitrogens is 4. The van der Waals surface area contributed by atoms with Gasteiger partial charge < -0.3 is 30.0 Å². The Balaban J connectivity index is -0.000000196. The second-order valence-electron chi connectivity index (χ2n) is 8.52. The van der Waals surface area contributed by atoms with Crippen molar-refractivity contribution in [2.24, 2.45) is 14.1 Å². The maximum atomic E-state index is 11.7. The third-order valence-electron chi connectivity index (χ3n) is 2.20. The number of imidazole rings is 2. The number of rotatable bonds is 2. The molecule has 10 nitrogen and oxygen atoms in total. The third kappa shape index (κ3) is 29.4. The number of nitrogens with zero attached hydrogens (tertiary/aromatic N) is 4. The van der Waals surface area contributed by atoms with Crippen LogP contribution in [0.5, 0.6) is 0 Å². The van der Waals surface area contributed by atoms with Crippen LogP contribution in [-0.2, 0) is 38.2 Å². The fourth-order valence-electron chi connectivity index (χ4n) is 1.03. The second-order valence-corrected chi connectivity index (χ2v) is 23.7. The molecule has 0 N–H and O–H groups in total. The molecule has 0 saturated carbocycles. The van der Waals surface area contributed by atoms with Crippen LogP contribution in [0, 0.1) is 0 Å². The Hall–Kier alpha value is -1.17. The summed E-state index contributed by atoms with van der Waals surface area (Å²) in [5, 5.41) is 0. The summed E-state index contributed by atoms with van der Waals surface area (Å²) in [6, 6.07) is 0. The van der Waals surface area contributed by atoms with Crippen molar-refractivity contribution >= 4 is 47.0 Å². The Morgan fingerprint density at radius 2 is 1.05 bits per heavy atom. The smallest absolute Gasteiger partial charge is 0.522 e. The van der Waals surface area contributed by atoms with E-state index >= 15 is 0 Å². The fourth-order valence-corrected chi connectivity index (χ4v) is 4.04. The maximum absolute atomic E-state index is 11.7. The van der Waals surface area contributed by atoms with Crippen LogP contribution in [0.3, 0.4) is 0 Å². The van der Waals surface area contributed by atoms with E-state index in [1.165, 1.54) is 19.6 Å². The van der Waals surface area contributed by atoms with Crippen molar-refractivity contribution in [3.05, 3.63) is 37.4 Å². The first-order chi connectivity index (χ1) is 16.0. The van der Waals surface area contributed by atoms with Gasteiger partial charge in [0.1, 0.15) is 7.38 Å². The summed E-state index contributed by atoms with van der Waals surface area (Å²) < 4.78 is 122. The predicted octanol–water partition coefficient (Wildman–Crippen LogP) is 1.64. The molecular weight excluding hydrogens is 649 g/mol. The molecular formula is C16H30Cl2F6N4O6S2Si2-2. The molecule has 0 spiro atoms. The van der Waals surface area contributed by atoms with E-state index in [-0.39, 0.29) is 12.4 Å². The molecule has 2 rings (SSSR count). The number of hydrogen-bond donors (Lipinski definition) is 0. The van der Waals surface area contributed by atoms with Gasteiger partial charge in [-0.25, -0.2) is 18.4 Å². The van der Waals surface area contributed by atoms with E-state index in [0.717, 1.165) is 0 Å². The standard InChI is InChI=1S/C4H9F3O3SSi.2C4H6N2.C3H9ClSi.CHF3O3S.ClH/c1-12(2,3)10-11(8,9)4(5,6)7;2*1-6-3-2-5-4-6;1-5(2,3)4;2-1(3,4)8(5,6)7;/h1-3H3;2*2-4H,1H3;1-3H3;(H,5,6,7);1H/p-2. The average molecular weight is 680 g/mol. The van der Waals surface area contributed by atoms with Crippen LogP contribution in [0.1, 0.15) is 0 Å². The van der Waals surface area contributed by atoms with Crippen molar-refractivity contribution in [2.75, 3.05) is 0 Å². The Bertz CT molecular complexity index is 1040. The van der Waals surface area contributed by atoms with E-state index in [1.54, 1.807) is 25.0 Å². The monoisotopic (exact) mass is 678 g/mol. The normalized spacial score (nSPS) is 12.0. The second kappa shape index (κ2) is 17.5. The molecule has 2 heterocycles. The molecule has 0 saturated heterocycles. The van der Waals surface area contributed by atoms with Crippen LogP contribution in [-0.4, -0.2) is 67.2 Å². The Labute approximate surface area is 231 Å². The van der Waals surface area contributed by atoms with Gasteiger partial charge in [-0.3, -0.25) is 0 Å². The summed E-state index contributed by atoms with van der Waals surface area (Å²) in [5.74, 6) is 0. The molecule has 228 valence electrons. The quantitative estimate of drug-likeness (QED) is 0.154. The Morgan fingerprint density at radius 3 is 1.11 bits per heavy atom. The lowest BCUT2D eigenvalue weighted by molar-refractivity contribution is -0.0519. The van der Waals surface area contributed by atoms with Gasteiger partial charge in [0.15, 0.2) is 10.1 Å². The molecule has 2 aromatic heterocycles. The molecule has 0 amide bonds. The summed E-state index contributed by atoms with van der Waals surface area (Å²) in [5.41, 5.74) is -11.0. The number of halogens is 8. The first-order valence-electron chi connectivity index (χ1n) is 9.56. The van der Waals surface area contributed by atoms with Gasteiger partial charge in [-0.15, -0.1) is 0 Å². The average Bonchev–Trinajstić information content (AvgIpc) is 3.23. The molecule has 0 aliphatic rings. The van der Waals surface area contributed by atoms with Crippen LogP contribution in [0.4, 0.5) is 26.3 Å². The number of aryl methyl sites for hydroxylation is 2. The van der Waals surface area contributed by atoms with Crippen LogP contribution in [0.2, 0.25) is 39.3 Å². The van der Waals surface area contributed by atoms with Gasteiger partial charge in [-0.1, -0.05) is 19.6 Å². The van der Waals surface area contributed by atoms with Gasteiger partial charge in [0, 0.05) is 38.9 Å². The highest BCUT2D eigenvalue weighted by Crippen LogP contribution is 2.27. The molecule has 22 heteroatoms. The summed E-state index contributed by atoms with van der Waals surface area (Å²) in [6.07, 6.45) is 10.8. The molecule has 38 heavy (non-hydrogen) atoms. The summed E-state index contributed by atoms with van der Waals surface area (Å²) in [6.45, 7) is 10.3. The van der Waals surface area contributed by atoms with E-state index in [9.17, 15) is 34.8 Å². The Morgan fingerprint density at radius 1 is 0.789 bits per heavy atom. The van der Waals surface area contributed by atoms with Crippen molar-refractivity contribution in [3.63, 3.8) is 0 Å². The molecule has 2 aromatic rings. The molecule has 0 aliphatic heterocycles. The van der Waals surface area contributed by atoms with Crippen molar-refractivity contribution in [1.82, 2.24) is 19.1 Å². The fraction of sp³-hybridized carbons (Fsp3) is 0.625. The van der Waals surface area contributed by atoms with Crippen LogP contribution in [0.15, 0.2) is 37.4 Å². The topological polar surface area (TPSA) is 136 Å². The lowest BCUT2D eigenvalue weighted by Crippen LogP contribution is -3.00. The van der Waals surface area contributed by atoms with E-state index in [2.05, 4.69) is 33.5 Å². The van der Waals surface area contributed by atoms with Gasteiger partial charge in [-0.2, -0.15) is 45.8 Å². The first kappa shape index (κ1) is 43.9. The molecule has 0 aliphatic carbocycles. The molecule has 0 aromatic carbocycles. The molecule has 0 atom stereocenters. The van der Waals surface area contributed by atoms with Gasteiger partial charge in [0.05, 0.1) is 12.7 Å². The van der Waals surface area contributed by atoms with Gasteiger partial charge in [0.25, 0.3) is 0 Å². The number of hydrogen-bond acceptors (Lipinski definition) is 8. The van der Waals surface area contributed by atoms with Crippen molar-refractivity contribution in [3.8, 4) is 0 Å². The predicted molar refractivity (Wildman–Crippen MR) is 131 cm³/mol. The summed E-state index contributed by atoms with van der Waals surface area (Å²) in [4.78, 5) is 7.57. The van der Waals surface area contributed by atoms with E-state index in [0.29, 0.717) is 0 Å². The zero-order valence-electron chi connectivity index (χ0n) is 21.5. The van der Waals surface area contributed by atoms with Crippen molar-refractivity contribution in [2.45, 2.75) is 50.3 Å². The summed E-state index contributed by atoms with van der Waals surface area (Å²) in [7, 11) is -11.5. The van der Waals surface area contributed by atoms with Gasteiger partial charge in [0.2, 0.25) is 8.32 Å². The largest absolute Gasteiger partial charge is 1.00 e. The van der Waals surface area contributed by atoms with Crippen molar-refractivity contribution in [1.29, 1.82) is 0 Å². The van der Waals surface area contributed by atoms with Gasteiger partial charge in [-0.05, 0) is 19.6 Å². The number of alkyl halides is 6. The highest BCUT2D eigenvalue weighted by Gasteiger charge is 2.49. The Kier molecular flexibility index (Phi) is 20.2. The summed E-state index contributed by atoms with van der Waals surface area (Å²) >= 11 is 5.67. The van der Waals surface area contributed by atoms with Gasteiger partial charge >= 0.3 is 21.1 Å². The lowest BCUT2D eigenvalue weighted by Gasteiger charge is -2.17. The van der Waals surface area contributed by atoms with Crippen molar-refractivity contribution < 1.29 is 64.0 Å². The minimum Gasteiger partial charge on any atom is -1.00 e. The SMILES string of the molecule is C[Si](C)(C)Cl.C[Si](C)(C)OS(=O)(=O)C(F)(F)F.Cn1ccnc1.Cn1ccnc1.O=S(=O)([O-])C(F)(F)F.[Cl-]. The minimum absolute atomic E-state index is 0. The molecule has 0 bridgehead atoms. The zero-order chi connectivity index (χ0) is 30.5. The zero-order valence-corrected chi connectivity index (χ0v) is 26.7. The van der Waals surface area contributed by atoms with Crippen LogP contribution < -0.4 is 12.4 Å². The van der Waals surface area contributed by atoms with Crippen LogP contribution >= 0.6 is 11.1 Å². The third-order valence-corrected chi connectivity index (χ3v) is 6.21. The van der Waals surface area contributed by atoms with E-state index < -0.39 is 47.0 Å². The van der Waals surface area contributed by atoms with E-state index in [4.69, 9.17) is 24.0 Å². The minimum atomic E-state index is -6.09. The van der Waals surface area contributed by atoms with E-state index in [1.807, 2.05) is 35.6 Å². The lowest BCUT2D eigenvalue weighted by atomic mass is 10.9. The maximum Gasteiger partial charge on any atom is 0.522 e. The molecule has 0 unspecified atom stereocenters.